The number of hydrogen-bond acceptors (Lipinski definition) is 4. The second-order valence-corrected chi connectivity index (χ2v) is 13.5. The summed E-state index contributed by atoms with van der Waals surface area (Å²) in [5.74, 6) is 0.655. The van der Waals surface area contributed by atoms with Crippen molar-refractivity contribution in [2.45, 2.75) is 0 Å². The molecule has 0 atom stereocenters. The van der Waals surface area contributed by atoms with Crippen LogP contribution in [0.5, 0.6) is 0 Å². The van der Waals surface area contributed by atoms with Crippen LogP contribution in [0.15, 0.2) is 200 Å². The second-order valence-electron chi connectivity index (χ2n) is 13.5. The first kappa shape index (κ1) is 33.4. The summed E-state index contributed by atoms with van der Waals surface area (Å²) in [6, 6.07) is 68.2. The van der Waals surface area contributed by atoms with Gasteiger partial charge in [0.05, 0.1) is 22.8 Å². The number of nitrogens with one attached hydrogen (secondary N) is 2. The SMILES string of the molecule is N=C(/C(=C1\NC(c2ccccc2)=Cc2cccc(-c3cccc(-c4nc(-c5ccccc5)cc(-c5ccccc5)n4)c3)c21)c1ccccc1)c1ccccc1. The molecule has 8 aromatic rings. The minimum Gasteiger partial charge on any atom is -0.354 e. The smallest absolute Gasteiger partial charge is 0.160 e. The standard InChI is InChI=1S/C51H36N4/c52-49(39-26-14-5-15-27-39)48(38-24-12-4-13-25-38)50-47-41(33-44(53-50)35-18-6-1-7-19-35)29-17-31-43(47)40-28-16-30-42(32-40)51-54-45(36-20-8-2-9-21-36)34-46(55-51)37-22-10-3-11-23-37/h1-34,52-53H/b50-48-,52-49?. The predicted octanol–water partition coefficient (Wildman–Crippen LogP) is 12.2. The zero-order chi connectivity index (χ0) is 37.0. The molecule has 1 aliphatic heterocycles. The van der Waals surface area contributed by atoms with E-state index in [2.05, 4.69) is 121 Å². The Hall–Kier alpha value is -7.43. The quantitative estimate of drug-likeness (QED) is 0.155. The maximum atomic E-state index is 9.74. The molecule has 0 aliphatic carbocycles. The maximum Gasteiger partial charge on any atom is 0.160 e. The molecule has 2 N–H and O–H groups in total. The largest absolute Gasteiger partial charge is 0.354 e. The lowest BCUT2D eigenvalue weighted by Crippen LogP contribution is -2.21. The van der Waals surface area contributed by atoms with E-state index in [-0.39, 0.29) is 0 Å². The average Bonchev–Trinajstić information content (AvgIpc) is 3.27. The van der Waals surface area contributed by atoms with Crippen LogP contribution in [0, 0.1) is 5.41 Å². The van der Waals surface area contributed by atoms with Crippen LogP contribution in [0.3, 0.4) is 0 Å². The van der Waals surface area contributed by atoms with Gasteiger partial charge in [-0.25, -0.2) is 9.97 Å². The minimum atomic E-state index is 0.442. The van der Waals surface area contributed by atoms with Crippen LogP contribution in [0.4, 0.5) is 0 Å². The van der Waals surface area contributed by atoms with Crippen molar-refractivity contribution in [1.82, 2.24) is 15.3 Å². The molecular formula is C51H36N4. The monoisotopic (exact) mass is 704 g/mol. The van der Waals surface area contributed by atoms with Gasteiger partial charge in [-0.3, -0.25) is 5.41 Å². The first-order chi connectivity index (χ1) is 27.2. The van der Waals surface area contributed by atoms with Gasteiger partial charge >= 0.3 is 0 Å². The summed E-state index contributed by atoms with van der Waals surface area (Å²) in [5, 5.41) is 13.6. The third kappa shape index (κ3) is 6.81. The Morgan fingerprint density at radius 3 is 1.53 bits per heavy atom. The van der Waals surface area contributed by atoms with E-state index in [1.807, 2.05) is 91.0 Å². The number of fused-ring (bicyclic) bond motifs is 1. The zero-order valence-corrected chi connectivity index (χ0v) is 30.0. The molecule has 260 valence electrons. The van der Waals surface area contributed by atoms with Gasteiger partial charge in [0.1, 0.15) is 0 Å². The summed E-state index contributed by atoms with van der Waals surface area (Å²) < 4.78 is 0. The van der Waals surface area contributed by atoms with E-state index in [0.29, 0.717) is 11.5 Å². The highest BCUT2D eigenvalue weighted by atomic mass is 14.9. The van der Waals surface area contributed by atoms with Gasteiger partial charge in [0.15, 0.2) is 5.82 Å². The van der Waals surface area contributed by atoms with E-state index in [4.69, 9.17) is 9.97 Å². The molecule has 0 saturated heterocycles. The number of rotatable bonds is 8. The molecule has 0 fully saturated rings. The molecule has 2 heterocycles. The van der Waals surface area contributed by atoms with Crippen molar-refractivity contribution in [1.29, 1.82) is 5.41 Å². The first-order valence-corrected chi connectivity index (χ1v) is 18.4. The molecule has 0 saturated carbocycles. The Morgan fingerprint density at radius 1 is 0.436 bits per heavy atom. The summed E-state index contributed by atoms with van der Waals surface area (Å²) in [7, 11) is 0. The molecule has 4 nitrogen and oxygen atoms in total. The van der Waals surface area contributed by atoms with Gasteiger partial charge in [-0.1, -0.05) is 188 Å². The lowest BCUT2D eigenvalue weighted by molar-refractivity contribution is 1.18. The number of allylic oxidation sites excluding steroid dienone is 1. The maximum absolute atomic E-state index is 9.74. The van der Waals surface area contributed by atoms with Crippen molar-refractivity contribution in [2.75, 3.05) is 0 Å². The molecule has 0 bridgehead atoms. The molecule has 0 unspecified atom stereocenters. The fraction of sp³-hybridized carbons (Fsp3) is 0. The molecule has 1 aromatic heterocycles. The summed E-state index contributed by atoms with van der Waals surface area (Å²) in [6.45, 7) is 0. The fourth-order valence-corrected chi connectivity index (χ4v) is 7.24. The lowest BCUT2D eigenvalue weighted by atomic mass is 9.84. The molecule has 55 heavy (non-hydrogen) atoms. The van der Waals surface area contributed by atoms with Gasteiger partial charge < -0.3 is 5.32 Å². The number of hydrogen-bond donors (Lipinski definition) is 2. The summed E-state index contributed by atoms with van der Waals surface area (Å²) in [6.07, 6.45) is 2.22. The van der Waals surface area contributed by atoms with Gasteiger partial charge in [0.2, 0.25) is 0 Å². The number of aromatic nitrogens is 2. The molecule has 7 aromatic carbocycles. The van der Waals surface area contributed by atoms with Crippen molar-refractivity contribution < 1.29 is 0 Å². The van der Waals surface area contributed by atoms with Crippen LogP contribution >= 0.6 is 0 Å². The Kier molecular flexibility index (Phi) is 9.05. The number of benzene rings is 7. The topological polar surface area (TPSA) is 61.7 Å². The Labute approximate surface area is 321 Å². The van der Waals surface area contributed by atoms with Crippen LogP contribution in [0.25, 0.3) is 68.1 Å². The Morgan fingerprint density at radius 2 is 0.927 bits per heavy atom. The van der Waals surface area contributed by atoms with Crippen LogP contribution in [-0.4, -0.2) is 15.7 Å². The fourth-order valence-electron chi connectivity index (χ4n) is 7.24. The van der Waals surface area contributed by atoms with Crippen LogP contribution in [-0.2, 0) is 0 Å². The van der Waals surface area contributed by atoms with E-state index in [0.717, 1.165) is 84.0 Å². The van der Waals surface area contributed by atoms with Gasteiger partial charge in [0.25, 0.3) is 0 Å². The molecule has 0 amide bonds. The van der Waals surface area contributed by atoms with Crippen LogP contribution < -0.4 is 5.32 Å². The second kappa shape index (κ2) is 14.9. The molecular weight excluding hydrogens is 669 g/mol. The molecule has 0 radical (unpaired) electrons. The molecule has 4 heteroatoms. The zero-order valence-electron chi connectivity index (χ0n) is 30.0. The van der Waals surface area contributed by atoms with Gasteiger partial charge in [-0.2, -0.15) is 0 Å². The molecule has 9 rings (SSSR count). The highest BCUT2D eigenvalue weighted by molar-refractivity contribution is 6.36. The van der Waals surface area contributed by atoms with Crippen molar-refractivity contribution in [3.05, 3.63) is 228 Å². The van der Waals surface area contributed by atoms with Crippen LogP contribution in [0.2, 0.25) is 0 Å². The Balaban J connectivity index is 1.26. The first-order valence-electron chi connectivity index (χ1n) is 18.4. The molecule has 1 aliphatic rings. The third-order valence-electron chi connectivity index (χ3n) is 9.91. The van der Waals surface area contributed by atoms with Gasteiger partial charge in [-0.15, -0.1) is 0 Å². The summed E-state index contributed by atoms with van der Waals surface area (Å²) >= 11 is 0. The van der Waals surface area contributed by atoms with E-state index in [9.17, 15) is 5.41 Å². The van der Waals surface area contributed by atoms with E-state index >= 15 is 0 Å². The van der Waals surface area contributed by atoms with E-state index in [1.54, 1.807) is 0 Å². The lowest BCUT2D eigenvalue weighted by Gasteiger charge is -2.28. The average molecular weight is 705 g/mol. The molecule has 0 spiro atoms. The van der Waals surface area contributed by atoms with E-state index < -0.39 is 0 Å². The van der Waals surface area contributed by atoms with Gasteiger partial charge in [-0.05, 0) is 46.0 Å². The van der Waals surface area contributed by atoms with Crippen molar-refractivity contribution in [2.24, 2.45) is 0 Å². The Bertz CT molecular complexity index is 2640. The van der Waals surface area contributed by atoms with Crippen molar-refractivity contribution in [3.8, 4) is 45.0 Å². The number of nitrogens with zero attached hydrogens (tertiary/aromatic N) is 2. The highest BCUT2D eigenvalue weighted by Gasteiger charge is 2.26. The van der Waals surface area contributed by atoms with Crippen LogP contribution in [0.1, 0.15) is 27.8 Å². The highest BCUT2D eigenvalue weighted by Crippen LogP contribution is 2.42. The van der Waals surface area contributed by atoms with Crippen molar-refractivity contribution >= 4 is 28.8 Å². The van der Waals surface area contributed by atoms with E-state index in [1.165, 1.54) is 0 Å². The normalized spacial score (nSPS) is 12.9. The van der Waals surface area contributed by atoms with Gasteiger partial charge in [0, 0.05) is 39.1 Å². The predicted molar refractivity (Wildman–Crippen MR) is 228 cm³/mol. The minimum absolute atomic E-state index is 0.442. The summed E-state index contributed by atoms with van der Waals surface area (Å²) in [5.41, 5.74) is 14.9. The third-order valence-corrected chi connectivity index (χ3v) is 9.91. The summed E-state index contributed by atoms with van der Waals surface area (Å²) in [4.78, 5) is 10.3. The van der Waals surface area contributed by atoms with Crippen molar-refractivity contribution in [3.63, 3.8) is 0 Å².